The summed E-state index contributed by atoms with van der Waals surface area (Å²) in [6, 6.07) is 9.21. The third-order valence-electron chi connectivity index (χ3n) is 6.82. The number of hydrogen-bond acceptors (Lipinski definition) is 5. The zero-order chi connectivity index (χ0) is 23.4. The monoisotopic (exact) mass is 478 g/mol. The van der Waals surface area contributed by atoms with E-state index in [1.165, 1.54) is 0 Å². The molecule has 4 aromatic rings. The Balaban J connectivity index is 1.46. The highest BCUT2D eigenvalue weighted by Crippen LogP contribution is 2.33. The fourth-order valence-electron chi connectivity index (χ4n) is 5.08. The minimum Gasteiger partial charge on any atom is -0.496 e. The second-order valence-electron chi connectivity index (χ2n) is 8.82. The number of aromatic nitrogens is 3. The summed E-state index contributed by atoms with van der Waals surface area (Å²) in [5.74, 6) is 1.32. The van der Waals surface area contributed by atoms with E-state index in [1.54, 1.807) is 24.3 Å². The van der Waals surface area contributed by atoms with Gasteiger partial charge >= 0.3 is 0 Å². The molecule has 0 unspecified atom stereocenters. The molecule has 1 N–H and O–H groups in total. The Morgan fingerprint density at radius 1 is 1.15 bits per heavy atom. The minimum atomic E-state index is -0.245. The van der Waals surface area contributed by atoms with Crippen LogP contribution in [-0.4, -0.2) is 45.5 Å². The first-order chi connectivity index (χ1) is 16.5. The summed E-state index contributed by atoms with van der Waals surface area (Å²) in [4.78, 5) is 35.7. The number of halogens is 1. The largest absolute Gasteiger partial charge is 0.496 e. The van der Waals surface area contributed by atoms with Gasteiger partial charge in [-0.15, -0.1) is 0 Å². The number of aromatic amines is 1. The van der Waals surface area contributed by atoms with Gasteiger partial charge in [0.1, 0.15) is 17.1 Å². The molecule has 0 radical (unpaired) electrons. The third kappa shape index (κ3) is 3.36. The van der Waals surface area contributed by atoms with E-state index in [2.05, 4.69) is 9.97 Å². The normalized spacial score (nSPS) is 16.4. The van der Waals surface area contributed by atoms with Gasteiger partial charge in [-0.1, -0.05) is 17.7 Å². The Labute approximate surface area is 200 Å². The van der Waals surface area contributed by atoms with Crippen LogP contribution in [0.4, 0.5) is 0 Å². The Kier molecular flexibility index (Phi) is 5.08. The molecular weight excluding hydrogens is 456 g/mol. The second kappa shape index (κ2) is 8.14. The lowest BCUT2D eigenvalue weighted by atomic mass is 9.99. The lowest BCUT2D eigenvalue weighted by Gasteiger charge is -2.22. The molecule has 4 heterocycles. The SMILES string of the molecule is COc1cc2c(cc1C(=O)N1Cc3ccc(Cl)cc3C1)[nH]c(=O)c1cnc(C3CCOCC3)n12. The van der Waals surface area contributed by atoms with Gasteiger partial charge in [0, 0.05) is 43.3 Å². The quantitative estimate of drug-likeness (QED) is 0.482. The lowest BCUT2D eigenvalue weighted by molar-refractivity contribution is 0.0748. The first kappa shape index (κ1) is 21.2. The highest BCUT2D eigenvalue weighted by Gasteiger charge is 2.28. The molecule has 2 aromatic heterocycles. The van der Waals surface area contributed by atoms with Crippen molar-refractivity contribution in [1.82, 2.24) is 19.3 Å². The first-order valence-electron chi connectivity index (χ1n) is 11.3. The third-order valence-corrected chi connectivity index (χ3v) is 7.06. The van der Waals surface area contributed by atoms with Crippen LogP contribution in [0, 0.1) is 0 Å². The van der Waals surface area contributed by atoms with Crippen LogP contribution in [0.3, 0.4) is 0 Å². The molecule has 6 rings (SSSR count). The maximum atomic E-state index is 13.5. The van der Waals surface area contributed by atoms with E-state index >= 15 is 0 Å². The Morgan fingerprint density at radius 3 is 2.74 bits per heavy atom. The van der Waals surface area contributed by atoms with Crippen molar-refractivity contribution in [3.63, 3.8) is 0 Å². The fourth-order valence-corrected chi connectivity index (χ4v) is 5.27. The predicted molar refractivity (Wildman–Crippen MR) is 128 cm³/mol. The number of hydrogen-bond donors (Lipinski definition) is 1. The number of rotatable bonds is 3. The van der Waals surface area contributed by atoms with Gasteiger partial charge in [-0.25, -0.2) is 4.98 Å². The van der Waals surface area contributed by atoms with Gasteiger partial charge < -0.3 is 19.4 Å². The summed E-state index contributed by atoms with van der Waals surface area (Å²) in [5.41, 5.74) is 4.05. The molecule has 0 spiro atoms. The molecule has 0 atom stereocenters. The van der Waals surface area contributed by atoms with Crippen molar-refractivity contribution < 1.29 is 14.3 Å². The van der Waals surface area contributed by atoms with Crippen molar-refractivity contribution in [3.8, 4) is 5.75 Å². The van der Waals surface area contributed by atoms with E-state index in [1.807, 2.05) is 28.7 Å². The fraction of sp³-hybridized carbons (Fsp3) is 0.320. The van der Waals surface area contributed by atoms with Gasteiger partial charge in [-0.2, -0.15) is 0 Å². The van der Waals surface area contributed by atoms with Crippen LogP contribution in [0.1, 0.15) is 46.1 Å². The van der Waals surface area contributed by atoms with Gasteiger partial charge in [0.2, 0.25) is 0 Å². The summed E-state index contributed by atoms with van der Waals surface area (Å²) < 4.78 is 13.1. The number of fused-ring (bicyclic) bond motifs is 4. The van der Waals surface area contributed by atoms with Gasteiger partial charge in [0.15, 0.2) is 0 Å². The van der Waals surface area contributed by atoms with Crippen LogP contribution >= 0.6 is 11.6 Å². The standard InChI is InChI=1S/C25H23ClN4O4/c1-33-22-10-20-19(9-18(22)25(32)29-12-15-2-3-17(26)8-16(15)13-29)28-24(31)21-11-27-23(30(20)21)14-4-6-34-7-5-14/h2-3,8-11,14H,4-7,12-13H2,1H3,(H,28,31). The number of carbonyl (C=O) groups excluding carboxylic acids is 1. The van der Waals surface area contributed by atoms with E-state index in [0.717, 1.165) is 35.3 Å². The molecule has 1 saturated heterocycles. The summed E-state index contributed by atoms with van der Waals surface area (Å²) in [6.07, 6.45) is 3.31. The molecule has 0 saturated carbocycles. The van der Waals surface area contributed by atoms with Gasteiger partial charge in [-0.3, -0.25) is 14.0 Å². The van der Waals surface area contributed by atoms with Crippen molar-refractivity contribution in [2.45, 2.75) is 31.8 Å². The van der Waals surface area contributed by atoms with E-state index in [4.69, 9.17) is 21.1 Å². The van der Waals surface area contributed by atoms with Crippen LogP contribution in [0.25, 0.3) is 16.6 Å². The van der Waals surface area contributed by atoms with Crippen LogP contribution in [-0.2, 0) is 17.8 Å². The van der Waals surface area contributed by atoms with Crippen LogP contribution in [0.2, 0.25) is 5.02 Å². The number of ether oxygens (including phenoxy) is 2. The topological polar surface area (TPSA) is 88.9 Å². The van der Waals surface area contributed by atoms with Crippen molar-refractivity contribution in [1.29, 1.82) is 0 Å². The molecule has 1 amide bonds. The van der Waals surface area contributed by atoms with E-state index in [0.29, 0.717) is 53.7 Å². The van der Waals surface area contributed by atoms with Crippen LogP contribution in [0.5, 0.6) is 5.75 Å². The number of H-pyrrole nitrogens is 1. The second-order valence-corrected chi connectivity index (χ2v) is 9.26. The number of imidazole rings is 1. The van der Waals surface area contributed by atoms with Crippen molar-refractivity contribution in [2.75, 3.05) is 20.3 Å². The Hall–Kier alpha value is -3.36. The highest BCUT2D eigenvalue weighted by molar-refractivity contribution is 6.30. The number of carbonyl (C=O) groups is 1. The van der Waals surface area contributed by atoms with E-state index < -0.39 is 0 Å². The summed E-state index contributed by atoms with van der Waals surface area (Å²) in [6.45, 7) is 2.32. The molecule has 1 fully saturated rings. The molecule has 34 heavy (non-hydrogen) atoms. The first-order valence-corrected chi connectivity index (χ1v) is 11.7. The summed E-state index contributed by atoms with van der Waals surface area (Å²) in [7, 11) is 1.55. The number of methoxy groups -OCH3 is 1. The maximum Gasteiger partial charge on any atom is 0.274 e. The van der Waals surface area contributed by atoms with Gasteiger partial charge in [-0.05, 0) is 42.2 Å². The van der Waals surface area contributed by atoms with Gasteiger partial charge in [0.25, 0.3) is 11.5 Å². The van der Waals surface area contributed by atoms with E-state index in [9.17, 15) is 9.59 Å². The number of nitrogens with zero attached hydrogens (tertiary/aromatic N) is 3. The number of amides is 1. The predicted octanol–water partition coefficient (Wildman–Crippen LogP) is 3.89. The lowest BCUT2D eigenvalue weighted by Crippen LogP contribution is -2.26. The molecule has 2 aliphatic rings. The average Bonchev–Trinajstić information content (AvgIpc) is 3.48. The average molecular weight is 479 g/mol. The molecule has 0 bridgehead atoms. The number of benzene rings is 2. The van der Waals surface area contributed by atoms with Crippen molar-refractivity contribution in [2.24, 2.45) is 0 Å². The zero-order valence-electron chi connectivity index (χ0n) is 18.6. The Morgan fingerprint density at radius 2 is 1.94 bits per heavy atom. The maximum absolute atomic E-state index is 13.5. The molecule has 9 heteroatoms. The molecule has 2 aliphatic heterocycles. The molecule has 0 aliphatic carbocycles. The summed E-state index contributed by atoms with van der Waals surface area (Å²) >= 11 is 6.13. The van der Waals surface area contributed by atoms with Crippen molar-refractivity contribution in [3.05, 3.63) is 74.4 Å². The summed E-state index contributed by atoms with van der Waals surface area (Å²) in [5, 5.41) is 0.651. The van der Waals surface area contributed by atoms with Crippen LogP contribution in [0.15, 0.2) is 41.3 Å². The number of nitrogens with one attached hydrogen (secondary N) is 1. The smallest absolute Gasteiger partial charge is 0.274 e. The van der Waals surface area contributed by atoms with Gasteiger partial charge in [0.05, 0.1) is 29.9 Å². The minimum absolute atomic E-state index is 0.165. The molecular formula is C25H23ClN4O4. The van der Waals surface area contributed by atoms with Crippen molar-refractivity contribution >= 4 is 34.1 Å². The zero-order valence-corrected chi connectivity index (χ0v) is 19.4. The van der Waals surface area contributed by atoms with Crippen LogP contribution < -0.4 is 10.3 Å². The molecule has 2 aromatic carbocycles. The van der Waals surface area contributed by atoms with E-state index in [-0.39, 0.29) is 17.4 Å². The molecule has 8 nitrogen and oxygen atoms in total. The molecule has 174 valence electrons. The highest BCUT2D eigenvalue weighted by atomic mass is 35.5. The Bertz CT molecular complexity index is 1500.